The molecule has 11 nitrogen and oxygen atoms in total. The van der Waals surface area contributed by atoms with E-state index in [1.807, 2.05) is 30.3 Å². The average Bonchev–Trinajstić information content (AvgIpc) is 3.27. The fourth-order valence-corrected chi connectivity index (χ4v) is 5.35. The van der Waals surface area contributed by atoms with Gasteiger partial charge in [0.05, 0.1) is 41.0 Å². The first-order valence-electron chi connectivity index (χ1n) is 11.9. The molecule has 4 aromatic rings. The van der Waals surface area contributed by atoms with Crippen LogP contribution in [0.2, 0.25) is 0 Å². The lowest BCUT2D eigenvalue weighted by molar-refractivity contribution is -0.385. The maximum Gasteiger partial charge on any atom is 0.338 e. The fraction of sp³-hybridized carbons (Fsp3) is 0.143. The Morgan fingerprint density at radius 2 is 1.88 bits per heavy atom. The van der Waals surface area contributed by atoms with E-state index in [9.17, 15) is 19.7 Å². The average molecular weight is 559 g/mol. The standard InChI is InChI=1S/C28H22N4O7S/c1-16-24(27(34)38-3)25(18-7-5-4-6-8-18)31-26(33)22(40-28(31)30-16)14-17-9-11-20(21(13-17)37-2)39-23-12-10-19(15-29-23)32(35)36/h4-15,25H,1-3H3. The summed E-state index contributed by atoms with van der Waals surface area (Å²) in [6.07, 6.45) is 2.81. The van der Waals surface area contributed by atoms with Gasteiger partial charge in [-0.25, -0.2) is 14.8 Å². The molecule has 5 rings (SSSR count). The van der Waals surface area contributed by atoms with Crippen LogP contribution in [-0.2, 0) is 9.53 Å². The molecule has 0 bridgehead atoms. The maximum atomic E-state index is 13.7. The lowest BCUT2D eigenvalue weighted by Crippen LogP contribution is -2.39. The number of fused-ring (bicyclic) bond motifs is 1. The molecule has 40 heavy (non-hydrogen) atoms. The number of allylic oxidation sites excluding steroid dienone is 1. The topological polar surface area (TPSA) is 135 Å². The second kappa shape index (κ2) is 10.9. The zero-order valence-electron chi connectivity index (χ0n) is 21.6. The SMILES string of the molecule is COC(=O)C1=C(C)N=c2sc(=Cc3ccc(Oc4ccc([N+](=O)[O-])cn4)c(OC)c3)c(=O)n2C1c1ccccc1. The van der Waals surface area contributed by atoms with Gasteiger partial charge in [-0.05, 0) is 36.3 Å². The molecule has 0 radical (unpaired) electrons. The van der Waals surface area contributed by atoms with Gasteiger partial charge in [-0.15, -0.1) is 0 Å². The third kappa shape index (κ3) is 4.99. The predicted molar refractivity (Wildman–Crippen MR) is 146 cm³/mol. The molecule has 0 saturated carbocycles. The van der Waals surface area contributed by atoms with Crippen LogP contribution in [0.4, 0.5) is 5.69 Å². The van der Waals surface area contributed by atoms with Crippen LogP contribution in [0.3, 0.4) is 0 Å². The van der Waals surface area contributed by atoms with E-state index in [1.165, 1.54) is 42.3 Å². The smallest absolute Gasteiger partial charge is 0.338 e. The monoisotopic (exact) mass is 558 g/mol. The van der Waals surface area contributed by atoms with Gasteiger partial charge in [0.25, 0.3) is 11.2 Å². The summed E-state index contributed by atoms with van der Waals surface area (Å²) in [5.41, 5.74) is 1.74. The third-order valence-corrected chi connectivity index (χ3v) is 7.16. The Labute approximate surface area is 231 Å². The summed E-state index contributed by atoms with van der Waals surface area (Å²) in [5.74, 6) is 0.312. The summed E-state index contributed by atoms with van der Waals surface area (Å²) < 4.78 is 18.2. The van der Waals surface area contributed by atoms with Gasteiger partial charge >= 0.3 is 5.97 Å². The predicted octanol–water partition coefficient (Wildman–Crippen LogP) is 3.51. The first-order chi connectivity index (χ1) is 19.3. The van der Waals surface area contributed by atoms with Gasteiger partial charge in [-0.1, -0.05) is 47.7 Å². The van der Waals surface area contributed by atoms with Crippen molar-refractivity contribution in [3.05, 3.63) is 119 Å². The Kier molecular flexibility index (Phi) is 7.25. The minimum Gasteiger partial charge on any atom is -0.493 e. The molecule has 1 unspecified atom stereocenters. The van der Waals surface area contributed by atoms with Crippen molar-refractivity contribution in [1.29, 1.82) is 0 Å². The zero-order chi connectivity index (χ0) is 28.4. The van der Waals surface area contributed by atoms with Crippen LogP contribution in [0.1, 0.15) is 24.1 Å². The van der Waals surface area contributed by atoms with Crippen molar-refractivity contribution in [2.45, 2.75) is 13.0 Å². The zero-order valence-corrected chi connectivity index (χ0v) is 22.4. The molecule has 0 saturated heterocycles. The van der Waals surface area contributed by atoms with Crippen LogP contribution >= 0.6 is 11.3 Å². The number of thiazole rings is 1. The van der Waals surface area contributed by atoms with Crippen molar-refractivity contribution in [3.8, 4) is 17.4 Å². The van der Waals surface area contributed by atoms with E-state index in [-0.39, 0.29) is 17.1 Å². The molecule has 1 atom stereocenters. The number of methoxy groups -OCH3 is 2. The molecule has 3 heterocycles. The number of esters is 1. The highest BCUT2D eigenvalue weighted by Crippen LogP contribution is 2.33. The molecule has 0 aliphatic carbocycles. The Balaban J connectivity index is 1.55. The molecule has 2 aromatic carbocycles. The lowest BCUT2D eigenvalue weighted by atomic mass is 9.96. The van der Waals surface area contributed by atoms with Crippen molar-refractivity contribution in [2.24, 2.45) is 4.99 Å². The molecule has 0 fully saturated rings. The molecule has 0 spiro atoms. The van der Waals surface area contributed by atoms with E-state index in [2.05, 4.69) is 9.98 Å². The quantitative estimate of drug-likeness (QED) is 0.191. The number of hydrogen-bond donors (Lipinski definition) is 0. The summed E-state index contributed by atoms with van der Waals surface area (Å²) in [6.45, 7) is 1.72. The molecule has 1 aliphatic heterocycles. The van der Waals surface area contributed by atoms with E-state index in [0.717, 1.165) is 11.8 Å². The summed E-state index contributed by atoms with van der Waals surface area (Å²) in [4.78, 5) is 45.7. The highest BCUT2D eigenvalue weighted by Gasteiger charge is 2.32. The van der Waals surface area contributed by atoms with Crippen LogP contribution in [0.15, 0.2) is 87.9 Å². The van der Waals surface area contributed by atoms with Crippen LogP contribution in [0, 0.1) is 10.1 Å². The summed E-state index contributed by atoms with van der Waals surface area (Å²) in [5, 5.41) is 10.9. The van der Waals surface area contributed by atoms with E-state index in [0.29, 0.717) is 37.7 Å². The highest BCUT2D eigenvalue weighted by atomic mass is 32.1. The molecule has 1 aliphatic rings. The van der Waals surface area contributed by atoms with Gasteiger partial charge in [-0.2, -0.15) is 0 Å². The highest BCUT2D eigenvalue weighted by molar-refractivity contribution is 7.07. The van der Waals surface area contributed by atoms with Gasteiger partial charge in [0.2, 0.25) is 5.88 Å². The number of benzene rings is 2. The summed E-state index contributed by atoms with van der Waals surface area (Å²) >= 11 is 1.21. The number of pyridine rings is 1. The van der Waals surface area contributed by atoms with Gasteiger partial charge < -0.3 is 14.2 Å². The Bertz CT molecular complexity index is 1830. The number of aromatic nitrogens is 2. The minimum absolute atomic E-state index is 0.153. The van der Waals surface area contributed by atoms with Gasteiger partial charge in [0.1, 0.15) is 6.20 Å². The first kappa shape index (κ1) is 26.5. The number of carbonyl (C=O) groups excluding carboxylic acids is 1. The van der Waals surface area contributed by atoms with E-state index in [4.69, 9.17) is 14.2 Å². The van der Waals surface area contributed by atoms with Crippen molar-refractivity contribution in [1.82, 2.24) is 9.55 Å². The molecular weight excluding hydrogens is 536 g/mol. The Hall–Kier alpha value is -5.10. The van der Waals surface area contributed by atoms with Crippen molar-refractivity contribution in [2.75, 3.05) is 14.2 Å². The first-order valence-corrected chi connectivity index (χ1v) is 12.7. The largest absolute Gasteiger partial charge is 0.493 e. The van der Waals surface area contributed by atoms with Gasteiger partial charge in [0, 0.05) is 12.1 Å². The van der Waals surface area contributed by atoms with Crippen LogP contribution in [0.5, 0.6) is 17.4 Å². The lowest BCUT2D eigenvalue weighted by Gasteiger charge is -2.24. The molecule has 0 amide bonds. The summed E-state index contributed by atoms with van der Waals surface area (Å²) in [7, 11) is 2.77. The van der Waals surface area contributed by atoms with Crippen LogP contribution < -0.4 is 24.4 Å². The molecule has 202 valence electrons. The Morgan fingerprint density at radius 1 is 1.10 bits per heavy atom. The number of nitro groups is 1. The molecular formula is C28H22N4O7S. The van der Waals surface area contributed by atoms with Crippen molar-refractivity contribution >= 4 is 29.1 Å². The second-order valence-electron chi connectivity index (χ2n) is 8.61. The fourth-order valence-electron chi connectivity index (χ4n) is 4.31. The number of rotatable bonds is 7. The van der Waals surface area contributed by atoms with E-state index < -0.39 is 16.9 Å². The van der Waals surface area contributed by atoms with Crippen LogP contribution in [-0.4, -0.2) is 34.7 Å². The van der Waals surface area contributed by atoms with E-state index in [1.54, 1.807) is 31.2 Å². The normalized spacial score (nSPS) is 14.8. The van der Waals surface area contributed by atoms with E-state index >= 15 is 0 Å². The Morgan fingerprint density at radius 3 is 2.52 bits per heavy atom. The molecule has 12 heteroatoms. The van der Waals surface area contributed by atoms with Gasteiger partial charge in [0.15, 0.2) is 16.3 Å². The third-order valence-electron chi connectivity index (χ3n) is 6.17. The van der Waals surface area contributed by atoms with Gasteiger partial charge in [-0.3, -0.25) is 19.5 Å². The van der Waals surface area contributed by atoms with Crippen molar-refractivity contribution in [3.63, 3.8) is 0 Å². The number of hydrogen-bond acceptors (Lipinski definition) is 10. The van der Waals surface area contributed by atoms with Crippen LogP contribution in [0.25, 0.3) is 6.08 Å². The molecule has 0 N–H and O–H groups in total. The summed E-state index contributed by atoms with van der Waals surface area (Å²) in [6, 6.07) is 16.3. The minimum atomic E-state index is -0.688. The number of ether oxygens (including phenoxy) is 3. The maximum absolute atomic E-state index is 13.7. The second-order valence-corrected chi connectivity index (χ2v) is 9.62. The van der Waals surface area contributed by atoms with Crippen molar-refractivity contribution < 1.29 is 23.9 Å². The number of carbonyl (C=O) groups is 1. The number of nitrogens with zero attached hydrogens (tertiary/aromatic N) is 4. The molecule has 2 aromatic heterocycles.